The van der Waals surface area contributed by atoms with Crippen LogP contribution in [0.2, 0.25) is 0 Å². The molecule has 10 heteroatoms. The van der Waals surface area contributed by atoms with Gasteiger partial charge in [0.05, 0.1) is 22.9 Å². The van der Waals surface area contributed by atoms with Crippen LogP contribution < -0.4 is 11.1 Å². The second kappa shape index (κ2) is 7.63. The predicted octanol–water partition coefficient (Wildman–Crippen LogP) is 0.911. The molecule has 0 radical (unpaired) electrons. The van der Waals surface area contributed by atoms with Gasteiger partial charge in [-0.05, 0) is 18.2 Å². The molecule has 1 amide bonds. The number of nitrogens with one attached hydrogen (secondary N) is 1. The van der Waals surface area contributed by atoms with Crippen molar-refractivity contribution in [3.05, 3.63) is 63.5 Å². The highest BCUT2D eigenvalue weighted by Crippen LogP contribution is 2.37. The number of carbonyl (C=O) groups is 1. The minimum Gasteiger partial charge on any atom is -0.504 e. The number of benzene rings is 1. The van der Waals surface area contributed by atoms with Gasteiger partial charge in [-0.3, -0.25) is 19.9 Å². The highest BCUT2D eigenvalue weighted by Gasteiger charge is 2.22. The SMILES string of the molecule is N#C/C(C(=O)NCc1ccccn1)=C(/N)c1cc(O)c(O)c([N+](=O)[O-])c1. The molecule has 26 heavy (non-hydrogen) atoms. The van der Waals surface area contributed by atoms with Crippen molar-refractivity contribution in [3.8, 4) is 17.6 Å². The van der Waals surface area contributed by atoms with E-state index < -0.39 is 33.6 Å². The summed E-state index contributed by atoms with van der Waals surface area (Å²) in [5, 5.41) is 41.7. The van der Waals surface area contributed by atoms with E-state index in [1.807, 2.05) is 0 Å². The Morgan fingerprint density at radius 2 is 2.12 bits per heavy atom. The number of nitrogens with zero attached hydrogens (tertiary/aromatic N) is 3. The Hall–Kier alpha value is -4.13. The summed E-state index contributed by atoms with van der Waals surface area (Å²) in [6.07, 6.45) is 1.54. The second-order valence-corrected chi connectivity index (χ2v) is 5.02. The van der Waals surface area contributed by atoms with Gasteiger partial charge in [-0.25, -0.2) is 0 Å². The van der Waals surface area contributed by atoms with Crippen LogP contribution in [0.3, 0.4) is 0 Å². The Morgan fingerprint density at radius 1 is 1.38 bits per heavy atom. The zero-order chi connectivity index (χ0) is 19.3. The molecule has 0 saturated carbocycles. The first-order chi connectivity index (χ1) is 12.3. The third kappa shape index (κ3) is 3.85. The van der Waals surface area contributed by atoms with Gasteiger partial charge in [0, 0.05) is 17.8 Å². The molecule has 1 aromatic carbocycles. The summed E-state index contributed by atoms with van der Waals surface area (Å²) in [6, 6.07) is 8.49. The summed E-state index contributed by atoms with van der Waals surface area (Å²) in [6.45, 7) is 0.0408. The standard InChI is InChI=1S/C16H13N5O5/c17-7-11(16(24)20-8-10-3-1-2-4-19-10)14(18)9-5-12(21(25)26)15(23)13(22)6-9/h1-6,22-23H,8,18H2,(H,20,24)/b14-11-. The molecule has 1 heterocycles. The van der Waals surface area contributed by atoms with Crippen molar-refractivity contribution in [3.63, 3.8) is 0 Å². The quantitative estimate of drug-likeness (QED) is 0.201. The number of nitrogens with two attached hydrogens (primary N) is 1. The van der Waals surface area contributed by atoms with Gasteiger partial charge in [0.25, 0.3) is 5.91 Å². The van der Waals surface area contributed by atoms with Gasteiger partial charge in [-0.2, -0.15) is 5.26 Å². The molecule has 0 unspecified atom stereocenters. The Balaban J connectivity index is 2.34. The second-order valence-electron chi connectivity index (χ2n) is 5.02. The van der Waals surface area contributed by atoms with Gasteiger partial charge < -0.3 is 21.3 Å². The van der Waals surface area contributed by atoms with E-state index >= 15 is 0 Å². The van der Waals surface area contributed by atoms with Gasteiger partial charge in [0.1, 0.15) is 11.6 Å². The fourth-order valence-corrected chi connectivity index (χ4v) is 2.04. The minimum atomic E-state index is -0.940. The van der Waals surface area contributed by atoms with Crippen LogP contribution in [-0.4, -0.2) is 26.0 Å². The molecule has 0 bridgehead atoms. The normalized spacial score (nSPS) is 11.2. The number of rotatable bonds is 5. The number of aromatic hydroxyl groups is 2. The molecule has 5 N–H and O–H groups in total. The lowest BCUT2D eigenvalue weighted by Gasteiger charge is -2.08. The number of hydrogen-bond acceptors (Lipinski definition) is 8. The van der Waals surface area contributed by atoms with Crippen molar-refractivity contribution in [2.75, 3.05) is 0 Å². The van der Waals surface area contributed by atoms with Crippen LogP contribution in [0, 0.1) is 21.4 Å². The molecular formula is C16H13N5O5. The van der Waals surface area contributed by atoms with Gasteiger partial charge in [0.2, 0.25) is 5.75 Å². The van der Waals surface area contributed by atoms with E-state index in [0.29, 0.717) is 5.69 Å². The zero-order valence-corrected chi connectivity index (χ0v) is 13.2. The molecule has 10 nitrogen and oxygen atoms in total. The Morgan fingerprint density at radius 3 is 2.69 bits per heavy atom. The smallest absolute Gasteiger partial charge is 0.315 e. The fourth-order valence-electron chi connectivity index (χ4n) is 2.04. The zero-order valence-electron chi connectivity index (χ0n) is 13.2. The summed E-state index contributed by atoms with van der Waals surface area (Å²) < 4.78 is 0. The van der Waals surface area contributed by atoms with Gasteiger partial charge in [0.15, 0.2) is 5.75 Å². The minimum absolute atomic E-state index is 0.0408. The van der Waals surface area contributed by atoms with E-state index in [9.17, 15) is 30.4 Å². The number of carbonyl (C=O) groups excluding carboxylic acids is 1. The van der Waals surface area contributed by atoms with Crippen LogP contribution >= 0.6 is 0 Å². The highest BCUT2D eigenvalue weighted by atomic mass is 16.6. The number of nitro groups is 1. The molecule has 0 aliphatic carbocycles. The highest BCUT2D eigenvalue weighted by molar-refractivity contribution is 6.04. The van der Waals surface area contributed by atoms with Crippen LogP contribution in [0.5, 0.6) is 11.5 Å². The first kappa shape index (κ1) is 18.2. The van der Waals surface area contributed by atoms with E-state index in [1.54, 1.807) is 24.3 Å². The molecule has 0 saturated heterocycles. The molecule has 2 rings (SSSR count). The number of amides is 1. The van der Waals surface area contributed by atoms with Gasteiger partial charge in [-0.1, -0.05) is 6.07 Å². The third-order valence-corrected chi connectivity index (χ3v) is 3.34. The molecule has 132 valence electrons. The number of nitriles is 1. The summed E-state index contributed by atoms with van der Waals surface area (Å²) >= 11 is 0. The molecular weight excluding hydrogens is 342 g/mol. The summed E-state index contributed by atoms with van der Waals surface area (Å²) in [5.41, 5.74) is 4.47. The van der Waals surface area contributed by atoms with Crippen LogP contribution in [0.15, 0.2) is 42.1 Å². The molecule has 2 aromatic rings. The van der Waals surface area contributed by atoms with Crippen molar-refractivity contribution in [1.82, 2.24) is 10.3 Å². The summed E-state index contributed by atoms with van der Waals surface area (Å²) in [7, 11) is 0. The van der Waals surface area contributed by atoms with E-state index in [0.717, 1.165) is 12.1 Å². The Labute approximate surface area is 147 Å². The van der Waals surface area contributed by atoms with Crippen molar-refractivity contribution in [1.29, 1.82) is 5.26 Å². The largest absolute Gasteiger partial charge is 0.504 e. The van der Waals surface area contributed by atoms with E-state index in [-0.39, 0.29) is 17.8 Å². The summed E-state index contributed by atoms with van der Waals surface area (Å²) in [5.74, 6) is -2.56. The number of aromatic nitrogens is 1. The maximum Gasteiger partial charge on any atom is 0.315 e. The molecule has 1 aromatic heterocycles. The number of nitro benzene ring substituents is 1. The summed E-state index contributed by atoms with van der Waals surface area (Å²) in [4.78, 5) is 26.2. The maximum absolute atomic E-state index is 12.2. The number of pyridine rings is 1. The molecule has 0 aliphatic heterocycles. The Kier molecular flexibility index (Phi) is 5.34. The number of hydrogen-bond donors (Lipinski definition) is 4. The first-order valence-corrected chi connectivity index (χ1v) is 7.13. The molecule has 0 spiro atoms. The van der Waals surface area contributed by atoms with Crippen molar-refractivity contribution in [2.24, 2.45) is 5.73 Å². The monoisotopic (exact) mass is 355 g/mol. The van der Waals surface area contributed by atoms with Crippen LogP contribution in [0.25, 0.3) is 5.70 Å². The van der Waals surface area contributed by atoms with Crippen LogP contribution in [0.1, 0.15) is 11.3 Å². The number of phenolic OH excluding ortho intramolecular Hbond substituents is 2. The van der Waals surface area contributed by atoms with E-state index in [1.165, 1.54) is 6.20 Å². The average Bonchev–Trinajstić information content (AvgIpc) is 2.63. The third-order valence-electron chi connectivity index (χ3n) is 3.34. The lowest BCUT2D eigenvalue weighted by molar-refractivity contribution is -0.386. The fraction of sp³-hybridized carbons (Fsp3) is 0.0625. The first-order valence-electron chi connectivity index (χ1n) is 7.13. The van der Waals surface area contributed by atoms with Crippen molar-refractivity contribution >= 4 is 17.3 Å². The molecule has 0 aliphatic rings. The number of phenols is 2. The molecule has 0 atom stereocenters. The van der Waals surface area contributed by atoms with E-state index in [4.69, 9.17) is 5.73 Å². The van der Waals surface area contributed by atoms with Gasteiger partial charge in [-0.15, -0.1) is 0 Å². The predicted molar refractivity (Wildman–Crippen MR) is 89.2 cm³/mol. The van der Waals surface area contributed by atoms with Crippen LogP contribution in [-0.2, 0) is 11.3 Å². The van der Waals surface area contributed by atoms with Crippen molar-refractivity contribution < 1.29 is 19.9 Å². The van der Waals surface area contributed by atoms with Crippen LogP contribution in [0.4, 0.5) is 5.69 Å². The van der Waals surface area contributed by atoms with Gasteiger partial charge >= 0.3 is 5.69 Å². The van der Waals surface area contributed by atoms with E-state index in [2.05, 4.69) is 10.3 Å². The topological polar surface area (TPSA) is 175 Å². The molecule has 0 fully saturated rings. The van der Waals surface area contributed by atoms with Crippen molar-refractivity contribution in [2.45, 2.75) is 6.54 Å². The Bertz CT molecular complexity index is 934. The average molecular weight is 355 g/mol. The maximum atomic E-state index is 12.2. The lowest BCUT2D eigenvalue weighted by Crippen LogP contribution is -2.26. The lowest BCUT2D eigenvalue weighted by atomic mass is 10.1.